The van der Waals surface area contributed by atoms with Crippen molar-refractivity contribution in [1.82, 2.24) is 5.32 Å². The summed E-state index contributed by atoms with van der Waals surface area (Å²) in [5, 5.41) is 10.8. The summed E-state index contributed by atoms with van der Waals surface area (Å²) in [7, 11) is 2.05. The van der Waals surface area contributed by atoms with Gasteiger partial charge in [-0.3, -0.25) is 0 Å². The molecule has 0 heterocycles. The lowest BCUT2D eigenvalue weighted by atomic mass is 9.89. The molecular weight excluding hydrogens is 150 g/mol. The molecule has 0 aliphatic heterocycles. The van der Waals surface area contributed by atoms with E-state index in [0.717, 1.165) is 5.92 Å². The van der Waals surface area contributed by atoms with Crippen molar-refractivity contribution >= 4 is 0 Å². The Balaban J connectivity index is 0.000000354. The van der Waals surface area contributed by atoms with E-state index in [4.69, 9.17) is 5.11 Å². The van der Waals surface area contributed by atoms with Gasteiger partial charge in [0.25, 0.3) is 0 Å². The number of hydrogen-bond donors (Lipinski definition) is 2. The van der Waals surface area contributed by atoms with Crippen LogP contribution in [0.4, 0.5) is 0 Å². The molecule has 1 aliphatic carbocycles. The first-order valence-corrected chi connectivity index (χ1v) is 5.10. The molecule has 2 nitrogen and oxygen atoms in total. The molecule has 0 bridgehead atoms. The van der Waals surface area contributed by atoms with Gasteiger partial charge >= 0.3 is 0 Å². The molecule has 0 unspecified atom stereocenters. The quantitative estimate of drug-likeness (QED) is 0.667. The van der Waals surface area contributed by atoms with Crippen LogP contribution in [-0.4, -0.2) is 25.3 Å². The van der Waals surface area contributed by atoms with Gasteiger partial charge in [-0.15, -0.1) is 0 Å². The fourth-order valence-electron chi connectivity index (χ4n) is 1.68. The van der Waals surface area contributed by atoms with Crippen molar-refractivity contribution in [2.24, 2.45) is 5.92 Å². The molecule has 0 atom stereocenters. The predicted molar refractivity (Wildman–Crippen MR) is 53.3 cm³/mol. The Labute approximate surface area is 76.4 Å². The van der Waals surface area contributed by atoms with Crippen molar-refractivity contribution in [3.05, 3.63) is 0 Å². The molecule has 2 heteroatoms. The van der Waals surface area contributed by atoms with E-state index >= 15 is 0 Å². The lowest BCUT2D eigenvalue weighted by molar-refractivity contribution is 0.318. The molecule has 0 saturated heterocycles. The van der Waals surface area contributed by atoms with Gasteiger partial charge in [0.1, 0.15) is 0 Å². The fourth-order valence-corrected chi connectivity index (χ4v) is 1.68. The first-order chi connectivity index (χ1) is 5.85. The molecule has 0 spiro atoms. The zero-order chi connectivity index (χ0) is 9.23. The van der Waals surface area contributed by atoms with Crippen molar-refractivity contribution in [1.29, 1.82) is 0 Å². The van der Waals surface area contributed by atoms with Crippen LogP contribution in [0.25, 0.3) is 0 Å². The van der Waals surface area contributed by atoms with Crippen LogP contribution in [0.1, 0.15) is 39.0 Å². The van der Waals surface area contributed by atoms with E-state index in [2.05, 4.69) is 12.4 Å². The standard InChI is InChI=1S/C8H17N.C2H6O/c1-9-7-8-5-3-2-4-6-8;1-2-3/h8-9H,2-7H2,1H3;3H,2H2,1H3. The normalized spacial score (nSPS) is 18.2. The molecule has 0 aromatic carbocycles. The second-order valence-corrected chi connectivity index (χ2v) is 3.38. The summed E-state index contributed by atoms with van der Waals surface area (Å²) in [5.41, 5.74) is 0. The van der Waals surface area contributed by atoms with Crippen molar-refractivity contribution < 1.29 is 5.11 Å². The second-order valence-electron chi connectivity index (χ2n) is 3.38. The third-order valence-corrected chi connectivity index (χ3v) is 2.22. The van der Waals surface area contributed by atoms with Gasteiger partial charge in [0.2, 0.25) is 0 Å². The van der Waals surface area contributed by atoms with Gasteiger partial charge in [0.15, 0.2) is 0 Å². The van der Waals surface area contributed by atoms with E-state index in [1.165, 1.54) is 38.6 Å². The number of aliphatic hydroxyl groups excluding tert-OH is 1. The van der Waals surface area contributed by atoms with Crippen LogP contribution in [0.3, 0.4) is 0 Å². The Morgan fingerprint density at radius 1 is 1.25 bits per heavy atom. The SMILES string of the molecule is CCO.CNCC1CCCCC1. The van der Waals surface area contributed by atoms with Crippen molar-refractivity contribution in [3.8, 4) is 0 Å². The van der Waals surface area contributed by atoms with Crippen LogP contribution in [0.2, 0.25) is 0 Å². The molecule has 1 saturated carbocycles. The van der Waals surface area contributed by atoms with Gasteiger partial charge in [-0.1, -0.05) is 19.3 Å². The molecule has 0 aromatic rings. The van der Waals surface area contributed by atoms with Gasteiger partial charge in [-0.2, -0.15) is 0 Å². The molecule has 0 aromatic heterocycles. The van der Waals surface area contributed by atoms with Gasteiger partial charge < -0.3 is 10.4 Å². The van der Waals surface area contributed by atoms with Crippen LogP contribution < -0.4 is 5.32 Å². The molecule has 2 N–H and O–H groups in total. The van der Waals surface area contributed by atoms with Crippen LogP contribution in [-0.2, 0) is 0 Å². The smallest absolute Gasteiger partial charge is 0.0402 e. The molecule has 12 heavy (non-hydrogen) atoms. The Kier molecular flexibility index (Phi) is 8.95. The summed E-state index contributed by atoms with van der Waals surface area (Å²) in [6.45, 7) is 3.17. The Morgan fingerprint density at radius 2 is 1.75 bits per heavy atom. The first kappa shape index (κ1) is 11.9. The van der Waals surface area contributed by atoms with Gasteiger partial charge in [-0.25, -0.2) is 0 Å². The van der Waals surface area contributed by atoms with Crippen LogP contribution in [0, 0.1) is 5.92 Å². The van der Waals surface area contributed by atoms with Crippen molar-refractivity contribution in [2.45, 2.75) is 39.0 Å². The minimum absolute atomic E-state index is 0.250. The molecule has 0 radical (unpaired) electrons. The highest BCUT2D eigenvalue weighted by molar-refractivity contribution is 4.66. The topological polar surface area (TPSA) is 32.3 Å². The molecule has 1 rings (SSSR count). The minimum Gasteiger partial charge on any atom is -0.397 e. The summed E-state index contributed by atoms with van der Waals surface area (Å²) < 4.78 is 0. The van der Waals surface area contributed by atoms with Gasteiger partial charge in [0, 0.05) is 6.61 Å². The van der Waals surface area contributed by atoms with Crippen molar-refractivity contribution in [3.63, 3.8) is 0 Å². The lowest BCUT2D eigenvalue weighted by Crippen LogP contribution is -2.20. The maximum atomic E-state index is 7.57. The molecular formula is C10H23NO. The van der Waals surface area contributed by atoms with E-state index in [0.29, 0.717) is 0 Å². The van der Waals surface area contributed by atoms with E-state index < -0.39 is 0 Å². The van der Waals surface area contributed by atoms with E-state index in [-0.39, 0.29) is 6.61 Å². The number of hydrogen-bond acceptors (Lipinski definition) is 2. The van der Waals surface area contributed by atoms with E-state index in [9.17, 15) is 0 Å². The highest BCUT2D eigenvalue weighted by atomic mass is 16.2. The summed E-state index contributed by atoms with van der Waals surface area (Å²) in [6.07, 6.45) is 7.32. The van der Waals surface area contributed by atoms with E-state index in [1.54, 1.807) is 6.92 Å². The summed E-state index contributed by atoms with van der Waals surface area (Å²) in [5.74, 6) is 0.990. The minimum atomic E-state index is 0.250. The highest BCUT2D eigenvalue weighted by Crippen LogP contribution is 2.22. The van der Waals surface area contributed by atoms with Crippen LogP contribution in [0.5, 0.6) is 0 Å². The maximum absolute atomic E-state index is 7.57. The van der Waals surface area contributed by atoms with E-state index in [1.807, 2.05) is 0 Å². The fraction of sp³-hybridized carbons (Fsp3) is 1.00. The average molecular weight is 173 g/mol. The molecule has 74 valence electrons. The Bertz CT molecular complexity index is 77.2. The van der Waals surface area contributed by atoms with Crippen LogP contribution >= 0.6 is 0 Å². The molecule has 1 fully saturated rings. The number of aliphatic hydroxyl groups is 1. The summed E-state index contributed by atoms with van der Waals surface area (Å²) in [6, 6.07) is 0. The Hall–Kier alpha value is -0.0800. The van der Waals surface area contributed by atoms with Gasteiger partial charge in [-0.05, 0) is 39.3 Å². The molecule has 0 amide bonds. The first-order valence-electron chi connectivity index (χ1n) is 5.10. The van der Waals surface area contributed by atoms with Gasteiger partial charge in [0.05, 0.1) is 0 Å². The zero-order valence-electron chi connectivity index (χ0n) is 8.47. The third-order valence-electron chi connectivity index (χ3n) is 2.22. The zero-order valence-corrected chi connectivity index (χ0v) is 8.47. The summed E-state index contributed by atoms with van der Waals surface area (Å²) in [4.78, 5) is 0. The largest absolute Gasteiger partial charge is 0.397 e. The monoisotopic (exact) mass is 173 g/mol. The Morgan fingerprint density at radius 3 is 2.17 bits per heavy atom. The second kappa shape index (κ2) is 9.01. The average Bonchev–Trinajstić information content (AvgIpc) is 2.08. The third kappa shape index (κ3) is 6.62. The van der Waals surface area contributed by atoms with Crippen molar-refractivity contribution in [2.75, 3.05) is 20.2 Å². The maximum Gasteiger partial charge on any atom is 0.0402 e. The summed E-state index contributed by atoms with van der Waals surface area (Å²) >= 11 is 0. The predicted octanol–water partition coefficient (Wildman–Crippen LogP) is 1.78. The molecule has 1 aliphatic rings. The number of nitrogens with one attached hydrogen (secondary N) is 1. The highest BCUT2D eigenvalue weighted by Gasteiger charge is 2.11. The van der Waals surface area contributed by atoms with Crippen LogP contribution in [0.15, 0.2) is 0 Å². The number of rotatable bonds is 2. The lowest BCUT2D eigenvalue weighted by Gasteiger charge is -2.20.